The molecule has 2 aromatic carbocycles. The fourth-order valence-electron chi connectivity index (χ4n) is 4.20. The number of hydrogen-bond acceptors (Lipinski definition) is 6. The summed E-state index contributed by atoms with van der Waals surface area (Å²) in [5.74, 6) is -0.0126. The third-order valence-electron chi connectivity index (χ3n) is 6.29. The quantitative estimate of drug-likeness (QED) is 0.311. The number of nitrogens with zero attached hydrogens (tertiary/aromatic N) is 3. The van der Waals surface area contributed by atoms with Crippen molar-refractivity contribution in [2.75, 3.05) is 17.7 Å². The van der Waals surface area contributed by atoms with Crippen molar-refractivity contribution >= 4 is 45.1 Å². The molecule has 0 aliphatic heterocycles. The zero-order valence-electron chi connectivity index (χ0n) is 20.7. The molecule has 5 aromatic rings. The van der Waals surface area contributed by atoms with Crippen LogP contribution in [0.3, 0.4) is 0 Å². The van der Waals surface area contributed by atoms with Crippen LogP contribution in [0.4, 0.5) is 11.6 Å². The number of anilines is 2. The van der Waals surface area contributed by atoms with Gasteiger partial charge in [-0.1, -0.05) is 36.4 Å². The molecule has 0 aliphatic carbocycles. The highest BCUT2D eigenvalue weighted by atomic mass is 16.2. The highest BCUT2D eigenvalue weighted by Crippen LogP contribution is 2.33. The fraction of sp³-hybridized carbons (Fsp3) is 0.138. The molecule has 3 heterocycles. The molecule has 8 nitrogen and oxygen atoms in total. The summed E-state index contributed by atoms with van der Waals surface area (Å²) in [6.07, 6.45) is 3.42. The molecule has 0 bridgehead atoms. The summed E-state index contributed by atoms with van der Waals surface area (Å²) < 4.78 is 0. The highest BCUT2D eigenvalue weighted by Gasteiger charge is 2.17. The number of rotatable bonds is 6. The van der Waals surface area contributed by atoms with E-state index in [2.05, 4.69) is 30.9 Å². The van der Waals surface area contributed by atoms with Gasteiger partial charge in [-0.15, -0.1) is 0 Å². The first-order valence-electron chi connectivity index (χ1n) is 11.9. The van der Waals surface area contributed by atoms with E-state index in [4.69, 9.17) is 0 Å². The Kier molecular flexibility index (Phi) is 6.57. The van der Waals surface area contributed by atoms with Crippen LogP contribution in [0.2, 0.25) is 0 Å². The molecule has 0 spiro atoms. The summed E-state index contributed by atoms with van der Waals surface area (Å²) in [5, 5.41) is 11.5. The normalized spacial score (nSPS) is 11.9. The average molecular weight is 491 g/mol. The van der Waals surface area contributed by atoms with Gasteiger partial charge < -0.3 is 16.0 Å². The number of aromatic nitrogens is 3. The lowest BCUT2D eigenvalue weighted by Crippen LogP contribution is -2.35. The number of nitrogens with one attached hydrogen (secondary N) is 3. The Hall–Kier alpha value is -4.69. The first-order chi connectivity index (χ1) is 17.9. The Labute approximate surface area is 214 Å². The number of aryl methyl sites for hydroxylation is 1. The van der Waals surface area contributed by atoms with Crippen LogP contribution in [-0.4, -0.2) is 39.9 Å². The Balaban J connectivity index is 1.57. The molecule has 5 rings (SSSR count). The van der Waals surface area contributed by atoms with Crippen molar-refractivity contribution in [1.29, 1.82) is 0 Å². The molecule has 184 valence electrons. The second-order valence-corrected chi connectivity index (χ2v) is 8.82. The standard InChI is InChI=1S/C29H26N6O2/c1-17-10-11-23-22(9-6-12-31-23)27(17)21-14-25(34-28(36)18(2)30-3)33-26(15-21)35-29(37)24-13-19-7-4-5-8-20(19)16-32-24/h4-16,18,30H,1-3H3,(H2,33,34,35,36,37). The molecule has 0 radical (unpaired) electrons. The van der Waals surface area contributed by atoms with Crippen molar-refractivity contribution in [2.24, 2.45) is 0 Å². The second kappa shape index (κ2) is 10.1. The van der Waals surface area contributed by atoms with Gasteiger partial charge in [0.2, 0.25) is 5.91 Å². The summed E-state index contributed by atoms with van der Waals surface area (Å²) >= 11 is 0. The predicted molar refractivity (Wildman–Crippen MR) is 147 cm³/mol. The fourth-order valence-corrected chi connectivity index (χ4v) is 4.20. The number of carbonyl (C=O) groups excluding carboxylic acids is 2. The SMILES string of the molecule is CNC(C)C(=O)Nc1cc(-c2c(C)ccc3ncccc23)cc(NC(=O)c2cc3ccccc3cn2)n1. The molecule has 0 aliphatic rings. The van der Waals surface area contributed by atoms with E-state index in [0.29, 0.717) is 11.6 Å². The van der Waals surface area contributed by atoms with E-state index in [1.54, 1.807) is 44.6 Å². The Morgan fingerprint density at radius 3 is 2.41 bits per heavy atom. The maximum atomic E-state index is 13.2. The monoisotopic (exact) mass is 490 g/mol. The molecule has 0 saturated carbocycles. The van der Waals surface area contributed by atoms with E-state index < -0.39 is 11.9 Å². The van der Waals surface area contributed by atoms with E-state index in [9.17, 15) is 9.59 Å². The number of benzene rings is 2. The van der Waals surface area contributed by atoms with E-state index in [1.165, 1.54) is 0 Å². The lowest BCUT2D eigenvalue weighted by Gasteiger charge is -2.16. The van der Waals surface area contributed by atoms with Gasteiger partial charge in [0, 0.05) is 23.2 Å². The average Bonchev–Trinajstić information content (AvgIpc) is 2.92. The van der Waals surface area contributed by atoms with Crippen molar-refractivity contribution < 1.29 is 9.59 Å². The lowest BCUT2D eigenvalue weighted by molar-refractivity contribution is -0.117. The Bertz CT molecular complexity index is 1650. The maximum Gasteiger partial charge on any atom is 0.275 e. The van der Waals surface area contributed by atoms with Crippen LogP contribution in [0.25, 0.3) is 32.8 Å². The number of hydrogen-bond donors (Lipinski definition) is 3. The molecule has 37 heavy (non-hydrogen) atoms. The molecular formula is C29H26N6O2. The van der Waals surface area contributed by atoms with Gasteiger partial charge in [-0.25, -0.2) is 4.98 Å². The minimum absolute atomic E-state index is 0.239. The van der Waals surface area contributed by atoms with Crippen LogP contribution in [0.5, 0.6) is 0 Å². The van der Waals surface area contributed by atoms with Crippen molar-refractivity contribution in [1.82, 2.24) is 20.3 Å². The van der Waals surface area contributed by atoms with Crippen molar-refractivity contribution in [2.45, 2.75) is 19.9 Å². The van der Waals surface area contributed by atoms with Gasteiger partial charge in [0.15, 0.2) is 0 Å². The molecule has 3 aromatic heterocycles. The lowest BCUT2D eigenvalue weighted by atomic mass is 9.96. The van der Waals surface area contributed by atoms with Crippen LogP contribution < -0.4 is 16.0 Å². The highest BCUT2D eigenvalue weighted by molar-refractivity contribution is 6.05. The van der Waals surface area contributed by atoms with E-state index in [-0.39, 0.29) is 11.6 Å². The van der Waals surface area contributed by atoms with Gasteiger partial charge in [0.05, 0.1) is 11.6 Å². The molecule has 8 heteroatoms. The van der Waals surface area contributed by atoms with Gasteiger partial charge in [0.25, 0.3) is 5.91 Å². The number of pyridine rings is 3. The minimum Gasteiger partial charge on any atom is -0.309 e. The first-order valence-corrected chi connectivity index (χ1v) is 11.9. The zero-order chi connectivity index (χ0) is 25.9. The van der Waals surface area contributed by atoms with E-state index >= 15 is 0 Å². The number of carbonyl (C=O) groups is 2. The predicted octanol–water partition coefficient (Wildman–Crippen LogP) is 4.95. The molecule has 3 N–H and O–H groups in total. The van der Waals surface area contributed by atoms with Crippen LogP contribution >= 0.6 is 0 Å². The van der Waals surface area contributed by atoms with Crippen LogP contribution in [0, 0.1) is 6.92 Å². The summed E-state index contributed by atoms with van der Waals surface area (Å²) in [6.45, 7) is 3.77. The zero-order valence-corrected chi connectivity index (χ0v) is 20.7. The number of amides is 2. The molecular weight excluding hydrogens is 464 g/mol. The maximum absolute atomic E-state index is 13.2. The largest absolute Gasteiger partial charge is 0.309 e. The van der Waals surface area contributed by atoms with Gasteiger partial charge in [-0.05, 0) is 73.3 Å². The van der Waals surface area contributed by atoms with Gasteiger partial charge in [-0.2, -0.15) is 0 Å². The van der Waals surface area contributed by atoms with Crippen molar-refractivity contribution in [3.8, 4) is 11.1 Å². The van der Waals surface area contributed by atoms with Crippen LogP contribution in [-0.2, 0) is 4.79 Å². The minimum atomic E-state index is -0.422. The second-order valence-electron chi connectivity index (χ2n) is 8.82. The van der Waals surface area contributed by atoms with Gasteiger partial charge >= 0.3 is 0 Å². The summed E-state index contributed by atoms with van der Waals surface area (Å²) in [5.41, 5.74) is 3.89. The molecule has 0 saturated heterocycles. The molecule has 1 unspecified atom stereocenters. The summed E-state index contributed by atoms with van der Waals surface area (Å²) in [6, 6.07) is 20.5. The summed E-state index contributed by atoms with van der Waals surface area (Å²) in [4.78, 5) is 39.1. The van der Waals surface area contributed by atoms with Gasteiger partial charge in [-0.3, -0.25) is 19.6 Å². The van der Waals surface area contributed by atoms with Crippen LogP contribution in [0.1, 0.15) is 23.0 Å². The third-order valence-corrected chi connectivity index (χ3v) is 6.29. The molecule has 0 fully saturated rings. The van der Waals surface area contributed by atoms with E-state index in [1.807, 2.05) is 55.5 Å². The van der Waals surface area contributed by atoms with E-state index in [0.717, 1.165) is 38.4 Å². The van der Waals surface area contributed by atoms with Gasteiger partial charge in [0.1, 0.15) is 17.3 Å². The Morgan fingerprint density at radius 2 is 1.62 bits per heavy atom. The summed E-state index contributed by atoms with van der Waals surface area (Å²) in [7, 11) is 1.71. The number of fused-ring (bicyclic) bond motifs is 2. The molecule has 2 amide bonds. The van der Waals surface area contributed by atoms with Crippen molar-refractivity contribution in [3.63, 3.8) is 0 Å². The third kappa shape index (κ3) is 5.00. The molecule has 1 atom stereocenters. The smallest absolute Gasteiger partial charge is 0.275 e. The topological polar surface area (TPSA) is 109 Å². The number of likely N-dealkylation sites (N-methyl/N-ethyl adjacent to an activating group) is 1. The Morgan fingerprint density at radius 1 is 0.865 bits per heavy atom. The first kappa shape index (κ1) is 24.0. The van der Waals surface area contributed by atoms with Crippen LogP contribution in [0.15, 0.2) is 79.1 Å². The van der Waals surface area contributed by atoms with Crippen molar-refractivity contribution in [3.05, 3.63) is 90.4 Å².